The zero-order valence-corrected chi connectivity index (χ0v) is 19.6. The number of guanidine groups is 1. The minimum atomic E-state index is -0.739. The molecule has 1 aliphatic rings. The van der Waals surface area contributed by atoms with Crippen LogP contribution in [0.4, 0.5) is 4.39 Å². The standard InChI is InChI=1S/C20H33FN4O3.HI/c1-3-22-20(24-17-8-10-25(11-9-17)12-13-27-2)23-14-18(26)15-28-19-6-4-16(21)5-7-19;/h4-7,17-18,26H,3,8-15H2,1-2H3,(H2,22,23,24);1H. The molecule has 29 heavy (non-hydrogen) atoms. The van der Waals surface area contributed by atoms with Crippen LogP contribution in [0.15, 0.2) is 29.3 Å². The van der Waals surface area contributed by atoms with Gasteiger partial charge in [0.05, 0.1) is 13.2 Å². The van der Waals surface area contributed by atoms with Crippen LogP contribution in [0.5, 0.6) is 5.75 Å². The first kappa shape index (κ1) is 25.9. The van der Waals surface area contributed by atoms with E-state index in [9.17, 15) is 9.50 Å². The highest BCUT2D eigenvalue weighted by molar-refractivity contribution is 14.0. The highest BCUT2D eigenvalue weighted by Crippen LogP contribution is 2.12. The number of aliphatic imine (C=N–C) groups is 1. The first-order valence-corrected chi connectivity index (χ1v) is 9.93. The first-order chi connectivity index (χ1) is 13.6. The molecular formula is C20H34FIN4O3. The lowest BCUT2D eigenvalue weighted by molar-refractivity contribution is 0.114. The predicted octanol–water partition coefficient (Wildman–Crippen LogP) is 1.85. The summed E-state index contributed by atoms with van der Waals surface area (Å²) in [7, 11) is 1.73. The van der Waals surface area contributed by atoms with Crippen molar-refractivity contribution in [3.8, 4) is 5.75 Å². The van der Waals surface area contributed by atoms with E-state index >= 15 is 0 Å². The number of halogens is 2. The monoisotopic (exact) mass is 524 g/mol. The Kier molecular flexibility index (Phi) is 13.2. The average molecular weight is 524 g/mol. The molecule has 0 saturated carbocycles. The van der Waals surface area contributed by atoms with Crippen molar-refractivity contribution in [3.05, 3.63) is 30.1 Å². The Morgan fingerprint density at radius 3 is 2.62 bits per heavy atom. The molecule has 1 aromatic carbocycles. The van der Waals surface area contributed by atoms with E-state index in [1.807, 2.05) is 6.92 Å². The molecule has 0 aliphatic carbocycles. The summed E-state index contributed by atoms with van der Waals surface area (Å²) >= 11 is 0. The van der Waals surface area contributed by atoms with Gasteiger partial charge in [-0.25, -0.2) is 4.39 Å². The number of likely N-dealkylation sites (tertiary alicyclic amines) is 1. The van der Waals surface area contributed by atoms with Crippen LogP contribution in [0.25, 0.3) is 0 Å². The Labute approximate surface area is 190 Å². The third-order valence-electron chi connectivity index (χ3n) is 4.60. The Morgan fingerprint density at radius 2 is 2.00 bits per heavy atom. The van der Waals surface area contributed by atoms with Gasteiger partial charge in [0, 0.05) is 39.3 Å². The van der Waals surface area contributed by atoms with Crippen LogP contribution in [-0.2, 0) is 4.74 Å². The summed E-state index contributed by atoms with van der Waals surface area (Å²) in [5, 5.41) is 16.8. The van der Waals surface area contributed by atoms with Gasteiger partial charge in [-0.2, -0.15) is 0 Å². The fraction of sp³-hybridized carbons (Fsp3) is 0.650. The van der Waals surface area contributed by atoms with E-state index in [0.717, 1.165) is 45.6 Å². The van der Waals surface area contributed by atoms with E-state index in [-0.39, 0.29) is 42.9 Å². The number of piperidine rings is 1. The second-order valence-corrected chi connectivity index (χ2v) is 6.89. The molecule has 9 heteroatoms. The number of aliphatic hydroxyl groups excluding tert-OH is 1. The van der Waals surface area contributed by atoms with E-state index in [2.05, 4.69) is 20.5 Å². The van der Waals surface area contributed by atoms with Crippen molar-refractivity contribution in [1.82, 2.24) is 15.5 Å². The molecule has 2 rings (SSSR count). The summed E-state index contributed by atoms with van der Waals surface area (Å²) in [6.45, 7) is 6.90. The van der Waals surface area contributed by atoms with E-state index < -0.39 is 6.10 Å². The van der Waals surface area contributed by atoms with Crippen LogP contribution < -0.4 is 15.4 Å². The predicted molar refractivity (Wildman–Crippen MR) is 124 cm³/mol. The zero-order valence-electron chi connectivity index (χ0n) is 17.3. The normalized spacial score (nSPS) is 16.8. The van der Waals surface area contributed by atoms with Gasteiger partial charge < -0.3 is 30.1 Å². The Morgan fingerprint density at radius 1 is 1.31 bits per heavy atom. The molecule has 3 N–H and O–H groups in total. The third-order valence-corrected chi connectivity index (χ3v) is 4.60. The number of hydrogen-bond donors (Lipinski definition) is 3. The van der Waals surface area contributed by atoms with Gasteiger partial charge in [0.2, 0.25) is 0 Å². The highest BCUT2D eigenvalue weighted by Gasteiger charge is 2.19. The molecule has 0 aromatic heterocycles. The lowest BCUT2D eigenvalue weighted by atomic mass is 10.1. The molecule has 1 saturated heterocycles. The molecule has 1 heterocycles. The smallest absolute Gasteiger partial charge is 0.191 e. The van der Waals surface area contributed by atoms with E-state index in [1.165, 1.54) is 24.3 Å². The van der Waals surface area contributed by atoms with Crippen molar-refractivity contribution in [2.75, 3.05) is 53.0 Å². The summed E-state index contributed by atoms with van der Waals surface area (Å²) in [5.74, 6) is 0.914. The third kappa shape index (κ3) is 10.4. The van der Waals surface area contributed by atoms with E-state index in [0.29, 0.717) is 17.8 Å². The van der Waals surface area contributed by atoms with Gasteiger partial charge in [0.1, 0.15) is 24.3 Å². The lowest BCUT2D eigenvalue weighted by Crippen LogP contribution is -2.49. The fourth-order valence-electron chi connectivity index (χ4n) is 3.01. The van der Waals surface area contributed by atoms with E-state index in [4.69, 9.17) is 9.47 Å². The van der Waals surface area contributed by atoms with Crippen molar-refractivity contribution in [2.24, 2.45) is 4.99 Å². The second kappa shape index (κ2) is 14.8. The number of methoxy groups -OCH3 is 1. The minimum absolute atomic E-state index is 0. The summed E-state index contributed by atoms with van der Waals surface area (Å²) in [5.41, 5.74) is 0. The Hall–Kier alpha value is -1.17. The largest absolute Gasteiger partial charge is 0.491 e. The molecule has 0 bridgehead atoms. The second-order valence-electron chi connectivity index (χ2n) is 6.89. The summed E-state index contributed by atoms with van der Waals surface area (Å²) in [4.78, 5) is 6.88. The molecule has 1 fully saturated rings. The summed E-state index contributed by atoms with van der Waals surface area (Å²) < 4.78 is 23.5. The SMILES string of the molecule is CCNC(=NCC(O)COc1ccc(F)cc1)NC1CCN(CCOC)CC1.I. The maximum Gasteiger partial charge on any atom is 0.191 e. The van der Waals surface area contributed by atoms with Crippen molar-refractivity contribution >= 4 is 29.9 Å². The molecule has 0 radical (unpaired) electrons. The zero-order chi connectivity index (χ0) is 20.2. The number of hydrogen-bond acceptors (Lipinski definition) is 5. The Bertz CT molecular complexity index is 584. The average Bonchev–Trinajstić information content (AvgIpc) is 2.71. The molecule has 1 aromatic rings. The van der Waals surface area contributed by atoms with Crippen molar-refractivity contribution in [3.63, 3.8) is 0 Å². The first-order valence-electron chi connectivity index (χ1n) is 9.93. The van der Waals surface area contributed by atoms with Gasteiger partial charge in [-0.15, -0.1) is 24.0 Å². The van der Waals surface area contributed by atoms with Gasteiger partial charge in [-0.05, 0) is 44.0 Å². The quantitative estimate of drug-likeness (QED) is 0.247. The highest BCUT2D eigenvalue weighted by atomic mass is 127. The topological polar surface area (TPSA) is 78.4 Å². The number of ether oxygens (including phenoxy) is 2. The molecule has 1 unspecified atom stereocenters. The number of benzene rings is 1. The van der Waals surface area contributed by atoms with Crippen LogP contribution in [0.2, 0.25) is 0 Å². The van der Waals surface area contributed by atoms with E-state index in [1.54, 1.807) is 7.11 Å². The lowest BCUT2D eigenvalue weighted by Gasteiger charge is -2.32. The number of nitrogens with zero attached hydrogens (tertiary/aromatic N) is 2. The van der Waals surface area contributed by atoms with Gasteiger partial charge in [-0.3, -0.25) is 4.99 Å². The van der Waals surface area contributed by atoms with Crippen LogP contribution in [0.1, 0.15) is 19.8 Å². The van der Waals surface area contributed by atoms with Crippen LogP contribution in [0.3, 0.4) is 0 Å². The number of aliphatic hydroxyl groups is 1. The van der Waals surface area contributed by atoms with Crippen molar-refractivity contribution in [1.29, 1.82) is 0 Å². The van der Waals surface area contributed by atoms with Gasteiger partial charge in [-0.1, -0.05) is 0 Å². The van der Waals surface area contributed by atoms with Gasteiger partial charge >= 0.3 is 0 Å². The minimum Gasteiger partial charge on any atom is -0.491 e. The van der Waals surface area contributed by atoms with Crippen LogP contribution >= 0.6 is 24.0 Å². The molecule has 7 nitrogen and oxygen atoms in total. The van der Waals surface area contributed by atoms with Crippen LogP contribution in [0, 0.1) is 5.82 Å². The maximum absolute atomic E-state index is 12.9. The Balaban J connectivity index is 0.00000420. The molecule has 1 atom stereocenters. The van der Waals surface area contributed by atoms with Gasteiger partial charge in [0.25, 0.3) is 0 Å². The molecule has 0 amide bonds. The summed E-state index contributed by atoms with van der Waals surface area (Å²) in [6.07, 6.45) is 1.35. The maximum atomic E-state index is 12.9. The molecule has 166 valence electrons. The fourth-order valence-corrected chi connectivity index (χ4v) is 3.01. The molecular weight excluding hydrogens is 490 g/mol. The molecule has 1 aliphatic heterocycles. The number of rotatable bonds is 10. The van der Waals surface area contributed by atoms with Crippen molar-refractivity contribution < 1.29 is 19.0 Å². The van der Waals surface area contributed by atoms with Crippen molar-refractivity contribution in [2.45, 2.75) is 31.9 Å². The van der Waals surface area contributed by atoms with Crippen LogP contribution in [-0.4, -0.2) is 81.2 Å². The molecule has 0 spiro atoms. The number of nitrogens with one attached hydrogen (secondary N) is 2. The summed E-state index contributed by atoms with van der Waals surface area (Å²) in [6, 6.07) is 6.09. The van der Waals surface area contributed by atoms with Gasteiger partial charge in [0.15, 0.2) is 5.96 Å².